The van der Waals surface area contributed by atoms with Crippen molar-refractivity contribution in [2.75, 3.05) is 0 Å². The van der Waals surface area contributed by atoms with Crippen LogP contribution in [-0.4, -0.2) is 39.9 Å². The smallest absolute Gasteiger partial charge is 0.0851 e. The van der Waals surface area contributed by atoms with Crippen molar-refractivity contribution in [3.8, 4) is 47.4 Å². The van der Waals surface area contributed by atoms with E-state index in [1.165, 1.54) is 89.1 Å². The lowest BCUT2D eigenvalue weighted by Crippen LogP contribution is -1.95. The van der Waals surface area contributed by atoms with Crippen LogP contribution in [0.3, 0.4) is 0 Å². The van der Waals surface area contributed by atoms with Gasteiger partial charge in [-0.2, -0.15) is 0 Å². The van der Waals surface area contributed by atoms with Crippen LogP contribution in [-0.2, 0) is 51.4 Å². The Hall–Kier alpha value is -10.4. The van der Waals surface area contributed by atoms with Gasteiger partial charge in [-0.15, -0.1) is 0 Å². The minimum absolute atomic E-state index is 0.796. The summed E-state index contributed by atoms with van der Waals surface area (Å²) >= 11 is 0. The summed E-state index contributed by atoms with van der Waals surface area (Å²) in [5.74, 6) is 28.6. The third kappa shape index (κ3) is 12.1. The van der Waals surface area contributed by atoms with Crippen LogP contribution in [0.1, 0.15) is 274 Å². The molecule has 0 saturated carbocycles. The molecule has 4 aliphatic heterocycles. The normalized spacial score (nSPS) is 12.9. The zero-order valence-corrected chi connectivity index (χ0v) is 63.2. The van der Waals surface area contributed by atoms with Gasteiger partial charge in [0.15, 0.2) is 0 Å². The van der Waals surface area contributed by atoms with E-state index in [-0.39, 0.29) is 0 Å². The average Bonchev–Trinajstić information content (AvgIpc) is 1.45. The molecule has 4 aliphatic rings. The predicted octanol–water partition coefficient (Wildman–Crippen LogP) is 23.5. The number of rotatable bonds is 16. The summed E-state index contributed by atoms with van der Waals surface area (Å²) in [6.07, 6.45) is 13.8. The average molecular weight is 1340 g/mol. The summed E-state index contributed by atoms with van der Waals surface area (Å²) in [5.41, 5.74) is 40.6. The van der Waals surface area contributed by atoms with Crippen LogP contribution in [0, 0.1) is 47.4 Å². The third-order valence-corrected chi connectivity index (χ3v) is 22.0. The van der Waals surface area contributed by atoms with Gasteiger partial charge in [-0.25, -0.2) is 19.9 Å². The van der Waals surface area contributed by atoms with Gasteiger partial charge in [0, 0.05) is 55.3 Å². The number of nitrogens with one attached hydrogen (secondary N) is 4. The fourth-order valence-corrected chi connectivity index (χ4v) is 17.4. The molecule has 8 nitrogen and oxygen atoms in total. The molecule has 8 heteroatoms. The highest BCUT2D eigenvalue weighted by atomic mass is 14.8. The number of hydrogen-bond donors (Lipinski definition) is 4. The van der Waals surface area contributed by atoms with Gasteiger partial charge < -0.3 is 19.9 Å². The standard InChI is InChI=1S/C94H98N8/c1-17-55-59(21-5)83-51-87-63(25-9)67(29-13)91(99-87)77(92-68(30-14)64(26-10)88(100-92)52-84-60(22-6)56(18-2)80(96-84)49-79(55)95-83)47-39-37-45-75-71-41-33-35-43-73(71)76(74-44-36-34-42-72(74)75)46-38-40-48-78-93-69(31-15)65(27-11)89(101-93)53-85-61(23-7)57(19-3)81(97-85)50-82-58(20-4)62(24-8)86(98-82)54-90-66(28-12)70(32-16)94(78)102-90/h33-36,41-44,49-54,95-98H,17-32H2,1-16H3. The Kier molecular flexibility index (Phi) is 20.6. The fourth-order valence-electron chi connectivity index (χ4n) is 17.4. The van der Waals surface area contributed by atoms with Crippen LogP contribution in [0.4, 0.5) is 0 Å². The monoisotopic (exact) mass is 1340 g/mol. The molecule has 0 aliphatic carbocycles. The molecule has 16 bridgehead atoms. The minimum Gasteiger partial charge on any atom is -0.355 e. The maximum absolute atomic E-state index is 5.67. The second-order valence-electron chi connectivity index (χ2n) is 27.0. The van der Waals surface area contributed by atoms with Crippen LogP contribution in [0.2, 0.25) is 0 Å². The molecule has 0 saturated heterocycles. The summed E-state index contributed by atoms with van der Waals surface area (Å²) in [4.78, 5) is 38.4. The van der Waals surface area contributed by atoms with Crippen molar-refractivity contribution in [1.82, 2.24) is 39.9 Å². The summed E-state index contributed by atoms with van der Waals surface area (Å²) in [6, 6.07) is 31.0. The van der Waals surface area contributed by atoms with Gasteiger partial charge >= 0.3 is 0 Å². The first-order valence-corrected chi connectivity index (χ1v) is 38.4. The van der Waals surface area contributed by atoms with Gasteiger partial charge in [0.05, 0.1) is 56.7 Å². The second kappa shape index (κ2) is 30.1. The zero-order chi connectivity index (χ0) is 71.6. The molecule has 0 radical (unpaired) electrons. The van der Waals surface area contributed by atoms with E-state index < -0.39 is 0 Å². The number of aromatic nitrogens is 8. The van der Waals surface area contributed by atoms with Crippen LogP contribution < -0.4 is 0 Å². The zero-order valence-electron chi connectivity index (χ0n) is 63.2. The number of fused-ring (bicyclic) bond motifs is 18. The van der Waals surface area contributed by atoms with E-state index in [1.54, 1.807) is 0 Å². The first-order valence-electron chi connectivity index (χ1n) is 38.4. The van der Waals surface area contributed by atoms with Gasteiger partial charge in [0.2, 0.25) is 0 Å². The minimum atomic E-state index is 0.796. The molecule has 0 fully saturated rings. The number of allylic oxidation sites excluding steroid dienone is 8. The molecule has 13 rings (SSSR count). The maximum atomic E-state index is 5.67. The summed E-state index contributed by atoms with van der Waals surface area (Å²) in [7, 11) is 0. The van der Waals surface area contributed by atoms with Crippen molar-refractivity contribution >= 4 is 110 Å². The van der Waals surface area contributed by atoms with Crippen LogP contribution >= 0.6 is 0 Å². The van der Waals surface area contributed by atoms with Crippen LogP contribution in [0.5, 0.6) is 0 Å². The highest BCUT2D eigenvalue weighted by Gasteiger charge is 2.30. The molecule has 0 unspecified atom stereocenters. The lowest BCUT2D eigenvalue weighted by molar-refractivity contribution is 1.07. The van der Waals surface area contributed by atoms with Crippen molar-refractivity contribution in [2.24, 2.45) is 0 Å². The number of nitrogens with zero attached hydrogens (tertiary/aromatic N) is 4. The number of benzene rings is 3. The molecule has 102 heavy (non-hydrogen) atoms. The van der Waals surface area contributed by atoms with Crippen LogP contribution in [0.25, 0.3) is 110 Å². The predicted molar refractivity (Wildman–Crippen MR) is 436 cm³/mol. The van der Waals surface area contributed by atoms with Crippen molar-refractivity contribution in [3.63, 3.8) is 0 Å². The molecule has 0 atom stereocenters. The van der Waals surface area contributed by atoms with Crippen molar-refractivity contribution < 1.29 is 0 Å². The quantitative estimate of drug-likeness (QED) is 0.0570. The van der Waals surface area contributed by atoms with E-state index in [0.29, 0.717) is 0 Å². The third-order valence-electron chi connectivity index (χ3n) is 22.0. The second-order valence-corrected chi connectivity index (χ2v) is 27.0. The van der Waals surface area contributed by atoms with Gasteiger partial charge in [-0.1, -0.05) is 171 Å². The maximum Gasteiger partial charge on any atom is 0.0851 e. The van der Waals surface area contributed by atoms with Gasteiger partial charge in [-0.3, -0.25) is 0 Å². The Morgan fingerprint density at radius 1 is 0.225 bits per heavy atom. The lowest BCUT2D eigenvalue weighted by Gasteiger charge is -2.10. The molecule has 10 heterocycles. The molecule has 0 amide bonds. The Labute approximate surface area is 604 Å². The Bertz CT molecular complexity index is 5080. The lowest BCUT2D eigenvalue weighted by atomic mass is 9.92. The largest absolute Gasteiger partial charge is 0.355 e. The SMILES string of the molecule is CCC1=C(CC)c2nc1cc1[nH]c(cc3[nH]c(cc4nc(c2C#CC#Cc2c5ccccc5c(C#CC#Cc5c6nc(cc7[nH]c(cc8[nH]c(cc9nc5C(CC)=C9CC)c(CC)c8CC)c(CC)c7CC)C(CC)=C6CC)c5ccccc25)C(CC)=C4CC)c(CC)c3CC)c(CC)c1CC. The molecule has 514 valence electrons. The van der Waals surface area contributed by atoms with E-state index in [9.17, 15) is 0 Å². The fraction of sp³-hybridized carbons (Fsp3) is 0.340. The van der Waals surface area contributed by atoms with E-state index in [0.717, 1.165) is 236 Å². The number of aromatic amines is 4. The molecule has 9 aromatic rings. The molecule has 4 N–H and O–H groups in total. The van der Waals surface area contributed by atoms with Gasteiger partial charge in [0.25, 0.3) is 0 Å². The van der Waals surface area contributed by atoms with E-state index in [1.807, 2.05) is 0 Å². The molecule has 6 aromatic heterocycles. The number of hydrogen-bond acceptors (Lipinski definition) is 4. The Morgan fingerprint density at radius 3 is 0.598 bits per heavy atom. The molecular formula is C94H98N8. The highest BCUT2D eigenvalue weighted by Crippen LogP contribution is 2.45. The van der Waals surface area contributed by atoms with Gasteiger partial charge in [0.1, 0.15) is 0 Å². The van der Waals surface area contributed by atoms with E-state index in [4.69, 9.17) is 19.9 Å². The Balaban J connectivity index is 1.02. The summed E-state index contributed by atoms with van der Waals surface area (Å²) in [6.45, 7) is 36.2. The highest BCUT2D eigenvalue weighted by molar-refractivity contribution is 6.10. The summed E-state index contributed by atoms with van der Waals surface area (Å²) < 4.78 is 0. The number of aryl methyl sites for hydroxylation is 8. The molecular weight excluding hydrogens is 1240 g/mol. The van der Waals surface area contributed by atoms with Crippen molar-refractivity contribution in [3.05, 3.63) is 197 Å². The molecule has 0 spiro atoms. The number of H-pyrrole nitrogens is 4. The first-order chi connectivity index (χ1) is 49.9. The first kappa shape index (κ1) is 70.1. The molecule has 3 aromatic carbocycles. The van der Waals surface area contributed by atoms with Gasteiger partial charge in [-0.05, 0) is 285 Å². The van der Waals surface area contributed by atoms with Crippen molar-refractivity contribution in [2.45, 2.75) is 214 Å². The van der Waals surface area contributed by atoms with E-state index in [2.05, 4.69) is 263 Å². The Morgan fingerprint density at radius 2 is 0.412 bits per heavy atom. The van der Waals surface area contributed by atoms with Crippen molar-refractivity contribution in [1.29, 1.82) is 0 Å². The van der Waals surface area contributed by atoms with E-state index >= 15 is 0 Å². The topological polar surface area (TPSA) is 115 Å². The van der Waals surface area contributed by atoms with Crippen LogP contribution in [0.15, 0.2) is 84.9 Å². The summed E-state index contributed by atoms with van der Waals surface area (Å²) in [5, 5.41) is 4.01.